The molecule has 1 atom stereocenters. The molecule has 0 fully saturated rings. The molecular weight excluding hydrogens is 176 g/mol. The van der Waals surface area contributed by atoms with E-state index >= 15 is 0 Å². The van der Waals surface area contributed by atoms with Gasteiger partial charge in [0.2, 0.25) is 0 Å². The lowest BCUT2D eigenvalue weighted by atomic mass is 10.0. The van der Waals surface area contributed by atoms with Gasteiger partial charge in [-0.3, -0.25) is 0 Å². The van der Waals surface area contributed by atoms with E-state index in [0.29, 0.717) is 17.4 Å². The van der Waals surface area contributed by atoms with Gasteiger partial charge in [-0.2, -0.15) is 0 Å². The third kappa shape index (κ3) is 0.993. The van der Waals surface area contributed by atoms with Crippen LogP contribution in [0.1, 0.15) is 17.2 Å². The van der Waals surface area contributed by atoms with Crippen LogP contribution in [-0.2, 0) is 0 Å². The van der Waals surface area contributed by atoms with Gasteiger partial charge in [0.25, 0.3) is 0 Å². The Balaban J connectivity index is 2.64. The minimum atomic E-state index is -0.515. The van der Waals surface area contributed by atoms with Crippen LogP contribution in [0.15, 0.2) is 12.1 Å². The van der Waals surface area contributed by atoms with Crippen LogP contribution in [0.5, 0.6) is 5.75 Å². The summed E-state index contributed by atoms with van der Waals surface area (Å²) in [7, 11) is 0. The molecule has 1 heterocycles. The Bertz CT molecular complexity index is 323. The second kappa shape index (κ2) is 2.64. The third-order valence-corrected chi connectivity index (χ3v) is 2.38. The quantitative estimate of drug-likeness (QED) is 0.669. The van der Waals surface area contributed by atoms with E-state index in [2.05, 4.69) is 0 Å². The SMILES string of the molecule is Cc1ccc(Cl)c2c1C(O)CO2. The fraction of sp³-hybridized carbons (Fsp3) is 0.333. The van der Waals surface area contributed by atoms with Crippen molar-refractivity contribution in [3.8, 4) is 5.75 Å². The largest absolute Gasteiger partial charge is 0.489 e. The number of hydrogen-bond acceptors (Lipinski definition) is 2. The summed E-state index contributed by atoms with van der Waals surface area (Å²) < 4.78 is 5.24. The number of fused-ring (bicyclic) bond motifs is 1. The molecule has 0 aliphatic carbocycles. The number of benzene rings is 1. The van der Waals surface area contributed by atoms with Crippen LogP contribution in [0, 0.1) is 6.92 Å². The zero-order chi connectivity index (χ0) is 8.72. The number of aryl methyl sites for hydroxylation is 1. The van der Waals surface area contributed by atoms with E-state index in [0.717, 1.165) is 11.1 Å². The van der Waals surface area contributed by atoms with Crippen LogP contribution >= 0.6 is 11.6 Å². The first-order chi connectivity index (χ1) is 5.70. The van der Waals surface area contributed by atoms with Gasteiger partial charge in [0.1, 0.15) is 18.5 Å². The predicted octanol–water partition coefficient (Wildman–Crippen LogP) is 2.07. The first-order valence-corrected chi connectivity index (χ1v) is 4.18. The molecule has 1 unspecified atom stereocenters. The van der Waals surface area contributed by atoms with Gasteiger partial charge >= 0.3 is 0 Å². The van der Waals surface area contributed by atoms with Gasteiger partial charge in [-0.25, -0.2) is 0 Å². The summed E-state index contributed by atoms with van der Waals surface area (Å²) in [4.78, 5) is 0. The topological polar surface area (TPSA) is 29.5 Å². The van der Waals surface area contributed by atoms with E-state index in [-0.39, 0.29) is 0 Å². The zero-order valence-electron chi connectivity index (χ0n) is 6.67. The molecule has 1 aromatic rings. The van der Waals surface area contributed by atoms with Crippen LogP contribution in [0.2, 0.25) is 5.02 Å². The highest BCUT2D eigenvalue weighted by Crippen LogP contribution is 2.40. The van der Waals surface area contributed by atoms with Gasteiger partial charge < -0.3 is 9.84 Å². The molecule has 0 saturated heterocycles. The fourth-order valence-corrected chi connectivity index (χ4v) is 1.70. The molecule has 0 amide bonds. The van der Waals surface area contributed by atoms with Crippen molar-refractivity contribution in [2.75, 3.05) is 6.61 Å². The maximum atomic E-state index is 9.50. The van der Waals surface area contributed by atoms with Gasteiger partial charge in [-0.1, -0.05) is 17.7 Å². The molecule has 0 aromatic heterocycles. The second-order valence-corrected chi connectivity index (χ2v) is 3.34. The van der Waals surface area contributed by atoms with Crippen LogP contribution in [0.4, 0.5) is 0 Å². The standard InChI is InChI=1S/C9H9ClO2/c1-5-2-3-6(10)9-8(5)7(11)4-12-9/h2-3,7,11H,4H2,1H3. The van der Waals surface area contributed by atoms with Gasteiger partial charge in [0.15, 0.2) is 0 Å². The molecule has 1 N–H and O–H groups in total. The molecule has 3 heteroatoms. The van der Waals surface area contributed by atoms with Gasteiger partial charge in [-0.15, -0.1) is 0 Å². The van der Waals surface area contributed by atoms with E-state index in [9.17, 15) is 5.11 Å². The number of aliphatic hydroxyl groups is 1. The Hall–Kier alpha value is -0.730. The van der Waals surface area contributed by atoms with E-state index in [1.165, 1.54) is 0 Å². The predicted molar refractivity (Wildman–Crippen MR) is 46.6 cm³/mol. The molecule has 1 aliphatic rings. The molecule has 0 radical (unpaired) electrons. The summed E-state index contributed by atoms with van der Waals surface area (Å²) in [5.74, 6) is 0.643. The highest BCUT2D eigenvalue weighted by molar-refractivity contribution is 6.32. The van der Waals surface area contributed by atoms with E-state index in [1.54, 1.807) is 6.07 Å². The highest BCUT2D eigenvalue weighted by Gasteiger charge is 2.25. The Morgan fingerprint density at radius 2 is 2.33 bits per heavy atom. The van der Waals surface area contributed by atoms with Crippen molar-refractivity contribution in [3.05, 3.63) is 28.3 Å². The maximum absolute atomic E-state index is 9.50. The molecule has 2 nitrogen and oxygen atoms in total. The summed E-state index contributed by atoms with van der Waals surface area (Å²) in [6.07, 6.45) is -0.515. The molecule has 1 aromatic carbocycles. The summed E-state index contributed by atoms with van der Waals surface area (Å²) in [5, 5.41) is 10.1. The van der Waals surface area contributed by atoms with Crippen molar-refractivity contribution in [1.29, 1.82) is 0 Å². The maximum Gasteiger partial charge on any atom is 0.144 e. The first kappa shape index (κ1) is 7.90. The Labute approximate surface area is 75.7 Å². The smallest absolute Gasteiger partial charge is 0.144 e. The van der Waals surface area contributed by atoms with Crippen molar-refractivity contribution >= 4 is 11.6 Å². The van der Waals surface area contributed by atoms with Crippen molar-refractivity contribution in [2.24, 2.45) is 0 Å². The summed E-state index contributed by atoms with van der Waals surface area (Å²) in [6, 6.07) is 3.67. The molecule has 0 bridgehead atoms. The van der Waals surface area contributed by atoms with Crippen LogP contribution < -0.4 is 4.74 Å². The molecule has 0 saturated carbocycles. The van der Waals surface area contributed by atoms with E-state index < -0.39 is 6.10 Å². The monoisotopic (exact) mass is 184 g/mol. The Morgan fingerprint density at radius 1 is 1.58 bits per heavy atom. The lowest BCUT2D eigenvalue weighted by molar-refractivity contribution is 0.140. The summed E-state index contributed by atoms with van der Waals surface area (Å²) in [5.41, 5.74) is 1.86. The number of ether oxygens (including phenoxy) is 1. The van der Waals surface area contributed by atoms with Crippen molar-refractivity contribution < 1.29 is 9.84 Å². The Morgan fingerprint density at radius 3 is 3.00 bits per heavy atom. The average molecular weight is 185 g/mol. The Kier molecular flexibility index (Phi) is 1.74. The molecular formula is C9H9ClO2. The van der Waals surface area contributed by atoms with Crippen LogP contribution in [0.25, 0.3) is 0 Å². The second-order valence-electron chi connectivity index (χ2n) is 2.93. The lowest BCUT2D eigenvalue weighted by Gasteiger charge is -2.05. The minimum absolute atomic E-state index is 0.319. The zero-order valence-corrected chi connectivity index (χ0v) is 7.43. The van der Waals surface area contributed by atoms with Gasteiger partial charge in [0, 0.05) is 5.56 Å². The number of aliphatic hydroxyl groups excluding tert-OH is 1. The van der Waals surface area contributed by atoms with Crippen LogP contribution in [-0.4, -0.2) is 11.7 Å². The van der Waals surface area contributed by atoms with Crippen molar-refractivity contribution in [2.45, 2.75) is 13.0 Å². The number of hydrogen-bond donors (Lipinski definition) is 1. The third-order valence-electron chi connectivity index (χ3n) is 2.08. The molecule has 2 rings (SSSR count). The first-order valence-electron chi connectivity index (χ1n) is 3.80. The van der Waals surface area contributed by atoms with E-state index in [1.807, 2.05) is 13.0 Å². The molecule has 12 heavy (non-hydrogen) atoms. The lowest BCUT2D eigenvalue weighted by Crippen LogP contribution is -1.98. The van der Waals surface area contributed by atoms with Gasteiger partial charge in [0.05, 0.1) is 5.02 Å². The number of halogens is 1. The molecule has 64 valence electrons. The highest BCUT2D eigenvalue weighted by atomic mass is 35.5. The fourth-order valence-electron chi connectivity index (χ4n) is 1.48. The average Bonchev–Trinajstić information content (AvgIpc) is 2.42. The minimum Gasteiger partial charge on any atom is -0.489 e. The van der Waals surface area contributed by atoms with E-state index in [4.69, 9.17) is 16.3 Å². The number of rotatable bonds is 0. The molecule has 1 aliphatic heterocycles. The van der Waals surface area contributed by atoms with Crippen LogP contribution in [0.3, 0.4) is 0 Å². The van der Waals surface area contributed by atoms with Gasteiger partial charge in [-0.05, 0) is 18.6 Å². The van der Waals surface area contributed by atoms with Crippen molar-refractivity contribution in [3.63, 3.8) is 0 Å². The summed E-state index contributed by atoms with van der Waals surface area (Å²) in [6.45, 7) is 2.26. The molecule has 0 spiro atoms. The normalized spacial score (nSPS) is 20.4. The summed E-state index contributed by atoms with van der Waals surface area (Å²) >= 11 is 5.87. The van der Waals surface area contributed by atoms with Crippen molar-refractivity contribution in [1.82, 2.24) is 0 Å².